The fourth-order valence-corrected chi connectivity index (χ4v) is 1.21. The van der Waals surface area contributed by atoms with Crippen molar-refractivity contribution in [3.63, 3.8) is 0 Å². The zero-order valence-corrected chi connectivity index (χ0v) is 8.75. The number of rotatable bonds is 1. The van der Waals surface area contributed by atoms with Crippen LogP contribution in [0.5, 0.6) is 0 Å². The molecule has 0 atom stereocenters. The maximum atomic E-state index is 11.4. The smallest absolute Gasteiger partial charge is 0.123 e. The molecule has 0 saturated carbocycles. The first-order valence-corrected chi connectivity index (χ1v) is 4.54. The van der Waals surface area contributed by atoms with Gasteiger partial charge in [0.05, 0.1) is 0 Å². The van der Waals surface area contributed by atoms with Crippen LogP contribution in [0.2, 0.25) is 0 Å². The van der Waals surface area contributed by atoms with Crippen LogP contribution in [-0.2, 0) is 10.7 Å². The monoisotopic (exact) mass is 261 g/mol. The number of hydrogen-bond donors (Lipinski definition) is 0. The van der Waals surface area contributed by atoms with E-state index in [2.05, 4.69) is 22.6 Å². The lowest BCUT2D eigenvalue weighted by Gasteiger charge is -2.13. The first-order valence-electron chi connectivity index (χ1n) is 3.46. The summed E-state index contributed by atoms with van der Waals surface area (Å²) in [4.78, 5) is 0. The Morgan fingerprint density at radius 1 is 1.18 bits per heavy atom. The van der Waals surface area contributed by atoms with E-state index in [-0.39, 0.29) is 0 Å². The van der Waals surface area contributed by atoms with Crippen LogP contribution in [0.1, 0.15) is 19.4 Å². The molecule has 0 amide bonds. The third kappa shape index (κ3) is 2.45. The van der Waals surface area contributed by atoms with Gasteiger partial charge in [0.2, 0.25) is 0 Å². The zero-order valence-electron chi connectivity index (χ0n) is 6.60. The van der Waals surface area contributed by atoms with Gasteiger partial charge in [-0.1, -0.05) is 12.1 Å². The lowest BCUT2D eigenvalue weighted by Crippen LogP contribution is -2.12. The Hall–Kier alpha value is -0.0900. The molecule has 0 fully saturated rings. The van der Waals surface area contributed by atoms with Crippen LogP contribution >= 0.6 is 22.6 Å². The Morgan fingerprint density at radius 3 is 2.00 bits per heavy atom. The fourth-order valence-electron chi connectivity index (χ4n) is 0.851. The molecule has 0 heterocycles. The summed E-state index contributed by atoms with van der Waals surface area (Å²) in [5, 5.41) is 11.4. The largest absolute Gasteiger partial charge is 0.225 e. The number of halogens is 1. The van der Waals surface area contributed by atoms with Gasteiger partial charge in [-0.3, -0.25) is 0 Å². The minimum atomic E-state index is -0.968. The standard InChI is InChI=1S/C9H10IO/c1-9(2,11)7-3-5-8(10)6-4-7/h3-6H,1-2H3. The second kappa shape index (κ2) is 3.11. The predicted molar refractivity (Wildman–Crippen MR) is 52.9 cm³/mol. The van der Waals surface area contributed by atoms with Gasteiger partial charge in [-0.15, -0.1) is 0 Å². The molecule has 2 heteroatoms. The van der Waals surface area contributed by atoms with E-state index in [1.807, 2.05) is 24.3 Å². The lowest BCUT2D eigenvalue weighted by molar-refractivity contribution is -0.000110. The van der Waals surface area contributed by atoms with Crippen LogP contribution in [0.15, 0.2) is 24.3 Å². The molecule has 1 nitrogen and oxygen atoms in total. The van der Waals surface area contributed by atoms with Gasteiger partial charge in [-0.2, -0.15) is 0 Å². The van der Waals surface area contributed by atoms with Gasteiger partial charge in [0.15, 0.2) is 0 Å². The van der Waals surface area contributed by atoms with Crippen molar-refractivity contribution < 1.29 is 5.11 Å². The van der Waals surface area contributed by atoms with Gasteiger partial charge in [-0.05, 0) is 54.1 Å². The van der Waals surface area contributed by atoms with Crippen molar-refractivity contribution in [1.82, 2.24) is 0 Å². The van der Waals surface area contributed by atoms with Crippen LogP contribution in [0.3, 0.4) is 0 Å². The molecule has 1 rings (SSSR count). The van der Waals surface area contributed by atoms with Crippen LogP contribution in [0.4, 0.5) is 0 Å². The van der Waals surface area contributed by atoms with Gasteiger partial charge in [0.25, 0.3) is 0 Å². The van der Waals surface area contributed by atoms with Crippen LogP contribution in [0.25, 0.3) is 0 Å². The molecule has 1 aromatic carbocycles. The van der Waals surface area contributed by atoms with Crippen molar-refractivity contribution >= 4 is 22.6 Å². The summed E-state index contributed by atoms with van der Waals surface area (Å²) in [7, 11) is 0. The Balaban J connectivity index is 2.99. The summed E-state index contributed by atoms with van der Waals surface area (Å²) < 4.78 is 1.16. The van der Waals surface area contributed by atoms with Gasteiger partial charge >= 0.3 is 0 Å². The van der Waals surface area contributed by atoms with Crippen molar-refractivity contribution in [1.29, 1.82) is 0 Å². The van der Waals surface area contributed by atoms with Crippen molar-refractivity contribution in [3.8, 4) is 0 Å². The normalized spacial score (nSPS) is 11.6. The molecule has 0 unspecified atom stereocenters. The Labute approximate surface area is 80.6 Å². The highest BCUT2D eigenvalue weighted by atomic mass is 127. The van der Waals surface area contributed by atoms with E-state index in [0.717, 1.165) is 9.13 Å². The van der Waals surface area contributed by atoms with Gasteiger partial charge in [0.1, 0.15) is 5.60 Å². The third-order valence-electron chi connectivity index (χ3n) is 1.54. The molecule has 0 aliphatic carbocycles. The summed E-state index contributed by atoms with van der Waals surface area (Å²) in [5.74, 6) is 0. The maximum absolute atomic E-state index is 11.4. The molecule has 0 spiro atoms. The fraction of sp³-hybridized carbons (Fsp3) is 0.333. The van der Waals surface area contributed by atoms with Crippen molar-refractivity contribution in [2.75, 3.05) is 0 Å². The van der Waals surface area contributed by atoms with E-state index in [4.69, 9.17) is 0 Å². The molecule has 0 N–H and O–H groups in total. The van der Waals surface area contributed by atoms with Gasteiger partial charge in [-0.25, -0.2) is 5.11 Å². The lowest BCUT2D eigenvalue weighted by atomic mass is 9.99. The van der Waals surface area contributed by atoms with E-state index < -0.39 is 5.60 Å². The molecule has 0 aromatic heterocycles. The second-order valence-corrected chi connectivity index (χ2v) is 4.26. The van der Waals surface area contributed by atoms with E-state index in [0.29, 0.717) is 0 Å². The molecule has 0 bridgehead atoms. The predicted octanol–water partition coefficient (Wildman–Crippen LogP) is 2.96. The third-order valence-corrected chi connectivity index (χ3v) is 2.26. The highest BCUT2D eigenvalue weighted by Gasteiger charge is 2.17. The highest BCUT2D eigenvalue weighted by Crippen LogP contribution is 2.20. The zero-order chi connectivity index (χ0) is 8.48. The highest BCUT2D eigenvalue weighted by molar-refractivity contribution is 14.1. The topological polar surface area (TPSA) is 19.9 Å². The minimum Gasteiger partial charge on any atom is -0.225 e. The maximum Gasteiger partial charge on any atom is 0.123 e. The SMILES string of the molecule is CC(C)([O])c1ccc(I)cc1. The Kier molecular flexibility index (Phi) is 2.54. The van der Waals surface area contributed by atoms with Crippen LogP contribution in [0, 0.1) is 3.57 Å². The van der Waals surface area contributed by atoms with E-state index in [1.54, 1.807) is 13.8 Å². The molecular formula is C9H10IO. The molecule has 1 aromatic rings. The summed E-state index contributed by atoms with van der Waals surface area (Å²) in [5.41, 5.74) is -0.123. The van der Waals surface area contributed by atoms with Gasteiger partial charge < -0.3 is 0 Å². The van der Waals surface area contributed by atoms with Crippen molar-refractivity contribution in [2.45, 2.75) is 19.4 Å². The molecular weight excluding hydrogens is 251 g/mol. The van der Waals surface area contributed by atoms with E-state index >= 15 is 0 Å². The summed E-state index contributed by atoms with van der Waals surface area (Å²) in [6.07, 6.45) is 0. The first kappa shape index (κ1) is 9.00. The number of hydrogen-bond acceptors (Lipinski definition) is 0. The first-order chi connectivity index (χ1) is 5.00. The van der Waals surface area contributed by atoms with Crippen molar-refractivity contribution in [2.24, 2.45) is 0 Å². The van der Waals surface area contributed by atoms with Crippen LogP contribution < -0.4 is 0 Å². The molecule has 0 aliphatic heterocycles. The number of benzene rings is 1. The van der Waals surface area contributed by atoms with Gasteiger partial charge in [0, 0.05) is 3.57 Å². The molecule has 0 saturated heterocycles. The Morgan fingerprint density at radius 2 is 1.64 bits per heavy atom. The Bertz CT molecular complexity index is 233. The molecule has 0 aliphatic rings. The van der Waals surface area contributed by atoms with E-state index in [9.17, 15) is 5.11 Å². The molecule has 59 valence electrons. The van der Waals surface area contributed by atoms with Crippen molar-refractivity contribution in [3.05, 3.63) is 33.4 Å². The molecule has 11 heavy (non-hydrogen) atoms. The summed E-state index contributed by atoms with van der Waals surface area (Å²) >= 11 is 2.22. The quantitative estimate of drug-likeness (QED) is 0.692. The average molecular weight is 261 g/mol. The minimum absolute atomic E-state index is 0.845. The molecule has 1 radical (unpaired) electrons. The van der Waals surface area contributed by atoms with Crippen LogP contribution in [-0.4, -0.2) is 0 Å². The summed E-state index contributed by atoms with van der Waals surface area (Å²) in [6.45, 7) is 3.35. The summed E-state index contributed by atoms with van der Waals surface area (Å²) in [6, 6.07) is 7.68. The second-order valence-electron chi connectivity index (χ2n) is 3.02. The average Bonchev–Trinajstić information content (AvgIpc) is 1.86. The van der Waals surface area contributed by atoms with E-state index in [1.165, 1.54) is 0 Å².